The van der Waals surface area contributed by atoms with Crippen LogP contribution >= 0.6 is 0 Å². The van der Waals surface area contributed by atoms with Crippen LogP contribution in [0.25, 0.3) is 0 Å². The number of amides is 1. The summed E-state index contributed by atoms with van der Waals surface area (Å²) in [5, 5.41) is 6.12. The molecule has 100 valence electrons. The summed E-state index contributed by atoms with van der Waals surface area (Å²) in [4.78, 5) is 11.7. The molecule has 1 unspecified atom stereocenters. The fourth-order valence-electron chi connectivity index (χ4n) is 2.06. The van der Waals surface area contributed by atoms with E-state index < -0.39 is 0 Å². The van der Waals surface area contributed by atoms with Gasteiger partial charge in [0, 0.05) is 0 Å². The number of benzene rings is 1. The summed E-state index contributed by atoms with van der Waals surface area (Å²) in [6, 6.07) is 6.38. The van der Waals surface area contributed by atoms with E-state index in [1.165, 1.54) is 16.7 Å². The van der Waals surface area contributed by atoms with Gasteiger partial charge in [0.05, 0.1) is 12.6 Å². The van der Waals surface area contributed by atoms with Crippen molar-refractivity contribution < 1.29 is 4.79 Å². The monoisotopic (exact) mass is 248 g/mol. The summed E-state index contributed by atoms with van der Waals surface area (Å²) >= 11 is 0. The Balaban J connectivity index is 2.54. The second kappa shape index (κ2) is 7.17. The first-order valence-electron chi connectivity index (χ1n) is 6.61. The molecule has 1 aromatic carbocycles. The van der Waals surface area contributed by atoms with Crippen LogP contribution in [0.1, 0.15) is 43.0 Å². The van der Waals surface area contributed by atoms with E-state index in [1.807, 2.05) is 6.92 Å². The number of carbonyl (C=O) groups is 1. The molecule has 1 aromatic rings. The third-order valence-electron chi connectivity index (χ3n) is 2.98. The van der Waals surface area contributed by atoms with Crippen molar-refractivity contribution >= 4 is 5.91 Å². The molecule has 0 fully saturated rings. The topological polar surface area (TPSA) is 41.1 Å². The van der Waals surface area contributed by atoms with Gasteiger partial charge in [-0.2, -0.15) is 0 Å². The van der Waals surface area contributed by atoms with Gasteiger partial charge in [-0.1, -0.05) is 30.7 Å². The maximum atomic E-state index is 11.7. The molecule has 0 aliphatic carbocycles. The Morgan fingerprint density at radius 2 is 2.06 bits per heavy atom. The molecule has 0 spiro atoms. The molecule has 0 saturated carbocycles. The van der Waals surface area contributed by atoms with Crippen molar-refractivity contribution in [2.45, 2.75) is 40.2 Å². The molecule has 1 rings (SSSR count). The average Bonchev–Trinajstić information content (AvgIpc) is 2.28. The number of aryl methyl sites for hydroxylation is 2. The highest BCUT2D eigenvalue weighted by molar-refractivity contribution is 5.78. The molecule has 1 amide bonds. The van der Waals surface area contributed by atoms with E-state index in [1.54, 1.807) is 0 Å². The van der Waals surface area contributed by atoms with Crippen LogP contribution < -0.4 is 10.6 Å². The van der Waals surface area contributed by atoms with Gasteiger partial charge >= 0.3 is 0 Å². The average molecular weight is 248 g/mol. The first kappa shape index (κ1) is 14.7. The lowest BCUT2D eigenvalue weighted by atomic mass is 10.0. The maximum absolute atomic E-state index is 11.7. The Labute approximate surface area is 110 Å². The van der Waals surface area contributed by atoms with Gasteiger partial charge in [0.15, 0.2) is 0 Å². The predicted octanol–water partition coefficient (Wildman–Crippen LogP) is 2.48. The van der Waals surface area contributed by atoms with Gasteiger partial charge in [-0.15, -0.1) is 0 Å². The van der Waals surface area contributed by atoms with Crippen molar-refractivity contribution in [2.75, 3.05) is 13.1 Å². The second-order valence-corrected chi connectivity index (χ2v) is 4.83. The molecule has 2 N–H and O–H groups in total. The standard InChI is InChI=1S/C15H24N2O/c1-5-8-16-10-15(18)17-13(4)14-7-6-11(2)9-12(14)3/h6-7,9,13,16H,5,8,10H2,1-4H3,(H,17,18). The van der Waals surface area contributed by atoms with Gasteiger partial charge in [0.25, 0.3) is 0 Å². The number of hydrogen-bond donors (Lipinski definition) is 2. The van der Waals surface area contributed by atoms with Crippen molar-refractivity contribution in [3.63, 3.8) is 0 Å². The molecular formula is C15H24N2O. The normalized spacial score (nSPS) is 12.2. The van der Waals surface area contributed by atoms with Crippen LogP contribution in [-0.4, -0.2) is 19.0 Å². The van der Waals surface area contributed by atoms with Gasteiger partial charge in [-0.05, 0) is 44.9 Å². The third kappa shape index (κ3) is 4.49. The van der Waals surface area contributed by atoms with Crippen LogP contribution in [0.2, 0.25) is 0 Å². The molecular weight excluding hydrogens is 224 g/mol. The fraction of sp³-hybridized carbons (Fsp3) is 0.533. The first-order chi connectivity index (χ1) is 8.54. The number of rotatable bonds is 6. The molecule has 0 radical (unpaired) electrons. The molecule has 0 aliphatic heterocycles. The van der Waals surface area contributed by atoms with Gasteiger partial charge < -0.3 is 10.6 Å². The molecule has 0 aromatic heterocycles. The van der Waals surface area contributed by atoms with Gasteiger partial charge in [-0.3, -0.25) is 4.79 Å². The summed E-state index contributed by atoms with van der Waals surface area (Å²) in [5.41, 5.74) is 3.66. The highest BCUT2D eigenvalue weighted by Crippen LogP contribution is 2.18. The number of carbonyl (C=O) groups excluding carboxylic acids is 1. The van der Waals surface area contributed by atoms with Gasteiger partial charge in [0.2, 0.25) is 5.91 Å². The zero-order chi connectivity index (χ0) is 13.5. The fourth-order valence-corrected chi connectivity index (χ4v) is 2.06. The molecule has 0 bridgehead atoms. The van der Waals surface area contributed by atoms with E-state index in [9.17, 15) is 4.79 Å². The van der Waals surface area contributed by atoms with E-state index in [0.717, 1.165) is 13.0 Å². The van der Waals surface area contributed by atoms with Crippen LogP contribution in [0.5, 0.6) is 0 Å². The van der Waals surface area contributed by atoms with Crippen LogP contribution in [0.15, 0.2) is 18.2 Å². The number of hydrogen-bond acceptors (Lipinski definition) is 2. The highest BCUT2D eigenvalue weighted by Gasteiger charge is 2.11. The van der Waals surface area contributed by atoms with Crippen molar-refractivity contribution in [3.05, 3.63) is 34.9 Å². The zero-order valence-corrected chi connectivity index (χ0v) is 11.8. The predicted molar refractivity (Wildman–Crippen MR) is 75.6 cm³/mol. The second-order valence-electron chi connectivity index (χ2n) is 4.83. The molecule has 0 heterocycles. The lowest BCUT2D eigenvalue weighted by Gasteiger charge is -2.17. The lowest BCUT2D eigenvalue weighted by Crippen LogP contribution is -2.35. The highest BCUT2D eigenvalue weighted by atomic mass is 16.1. The van der Waals surface area contributed by atoms with Crippen molar-refractivity contribution in [3.8, 4) is 0 Å². The third-order valence-corrected chi connectivity index (χ3v) is 2.98. The number of nitrogens with one attached hydrogen (secondary N) is 2. The minimum atomic E-state index is 0.0518. The quantitative estimate of drug-likeness (QED) is 0.759. The van der Waals surface area contributed by atoms with Crippen molar-refractivity contribution in [2.24, 2.45) is 0 Å². The van der Waals surface area contributed by atoms with E-state index >= 15 is 0 Å². The van der Waals surface area contributed by atoms with Crippen LogP contribution in [0.3, 0.4) is 0 Å². The minimum Gasteiger partial charge on any atom is -0.348 e. The Morgan fingerprint density at radius 3 is 2.67 bits per heavy atom. The Kier molecular flexibility index (Phi) is 5.86. The van der Waals surface area contributed by atoms with Crippen LogP contribution in [0, 0.1) is 13.8 Å². The SMILES string of the molecule is CCCNCC(=O)NC(C)c1ccc(C)cc1C. The zero-order valence-electron chi connectivity index (χ0n) is 11.8. The maximum Gasteiger partial charge on any atom is 0.234 e. The lowest BCUT2D eigenvalue weighted by molar-refractivity contribution is -0.120. The molecule has 0 aliphatic rings. The Morgan fingerprint density at radius 1 is 1.33 bits per heavy atom. The summed E-state index contributed by atoms with van der Waals surface area (Å²) in [7, 11) is 0. The van der Waals surface area contributed by atoms with Crippen LogP contribution in [0.4, 0.5) is 0 Å². The van der Waals surface area contributed by atoms with Crippen LogP contribution in [-0.2, 0) is 4.79 Å². The molecule has 3 heteroatoms. The van der Waals surface area contributed by atoms with Crippen molar-refractivity contribution in [1.82, 2.24) is 10.6 Å². The van der Waals surface area contributed by atoms with Gasteiger partial charge in [0.1, 0.15) is 0 Å². The minimum absolute atomic E-state index is 0.0518. The first-order valence-corrected chi connectivity index (χ1v) is 6.61. The van der Waals surface area contributed by atoms with E-state index in [0.29, 0.717) is 6.54 Å². The molecule has 3 nitrogen and oxygen atoms in total. The van der Waals surface area contributed by atoms with Gasteiger partial charge in [-0.25, -0.2) is 0 Å². The summed E-state index contributed by atoms with van der Waals surface area (Å²) in [5.74, 6) is 0.0518. The van der Waals surface area contributed by atoms with Crippen molar-refractivity contribution in [1.29, 1.82) is 0 Å². The molecule has 18 heavy (non-hydrogen) atoms. The van der Waals surface area contributed by atoms with E-state index in [4.69, 9.17) is 0 Å². The Hall–Kier alpha value is -1.35. The Bertz CT molecular complexity index is 401. The molecule has 0 saturated heterocycles. The summed E-state index contributed by atoms with van der Waals surface area (Å²) in [6.07, 6.45) is 1.04. The summed E-state index contributed by atoms with van der Waals surface area (Å²) in [6.45, 7) is 9.54. The van der Waals surface area contributed by atoms with E-state index in [-0.39, 0.29) is 11.9 Å². The van der Waals surface area contributed by atoms with E-state index in [2.05, 4.69) is 49.6 Å². The summed E-state index contributed by atoms with van der Waals surface area (Å²) < 4.78 is 0. The molecule has 1 atom stereocenters. The smallest absolute Gasteiger partial charge is 0.234 e. The largest absolute Gasteiger partial charge is 0.348 e.